The zero-order valence-corrected chi connectivity index (χ0v) is 13.1. The van der Waals surface area contributed by atoms with Gasteiger partial charge in [0.05, 0.1) is 16.3 Å². The number of nitrogen functional groups attached to an aromatic ring is 1. The highest BCUT2D eigenvalue weighted by Gasteiger charge is 2.10. The Hall–Kier alpha value is -1.57. The largest absolute Gasteiger partial charge is 0.397 e. The van der Waals surface area contributed by atoms with Crippen LogP contribution in [-0.2, 0) is 10.0 Å². The number of nitrogens with two attached hydrogens (primary N) is 2. The Bertz CT molecular complexity index is 760. The first-order chi connectivity index (χ1) is 9.27. The molecule has 0 heterocycles. The summed E-state index contributed by atoms with van der Waals surface area (Å²) in [4.78, 5) is 0.0167. The van der Waals surface area contributed by atoms with Crippen LogP contribution in [0.1, 0.15) is 5.56 Å². The summed E-state index contributed by atoms with van der Waals surface area (Å²) in [5, 5.41) is 8.20. The maximum absolute atomic E-state index is 11.4. The van der Waals surface area contributed by atoms with Gasteiger partial charge >= 0.3 is 0 Å². The lowest BCUT2D eigenvalue weighted by molar-refractivity contribution is 0.598. The lowest BCUT2D eigenvalue weighted by atomic mass is 10.2. The molecule has 2 aromatic rings. The summed E-state index contributed by atoms with van der Waals surface area (Å²) < 4.78 is 23.7. The SMILES string of the molecule is Cc1cc(Nc2cc(S(N)(=O)=O)ccc2N)ccc1Br. The van der Waals surface area contributed by atoms with E-state index in [-0.39, 0.29) is 4.90 Å². The highest BCUT2D eigenvalue weighted by atomic mass is 79.9. The molecule has 2 aromatic carbocycles. The van der Waals surface area contributed by atoms with Crippen molar-refractivity contribution in [3.63, 3.8) is 0 Å². The van der Waals surface area contributed by atoms with Crippen molar-refractivity contribution in [1.82, 2.24) is 0 Å². The smallest absolute Gasteiger partial charge is 0.238 e. The van der Waals surface area contributed by atoms with Crippen LogP contribution in [0.3, 0.4) is 0 Å². The van der Waals surface area contributed by atoms with E-state index in [2.05, 4.69) is 21.2 Å². The minimum atomic E-state index is -3.75. The van der Waals surface area contributed by atoms with Crippen LogP contribution in [0.5, 0.6) is 0 Å². The van der Waals surface area contributed by atoms with Gasteiger partial charge in [0.15, 0.2) is 0 Å². The third-order valence-corrected chi connectivity index (χ3v) is 4.59. The summed E-state index contributed by atoms with van der Waals surface area (Å²) in [5.74, 6) is 0. The predicted octanol–water partition coefficient (Wildman–Crippen LogP) is 2.73. The summed E-state index contributed by atoms with van der Waals surface area (Å²) in [5.41, 5.74) is 8.64. The zero-order chi connectivity index (χ0) is 14.9. The van der Waals surface area contributed by atoms with Gasteiger partial charge in [-0.15, -0.1) is 0 Å². The van der Waals surface area contributed by atoms with Crippen molar-refractivity contribution in [3.05, 3.63) is 46.4 Å². The van der Waals surface area contributed by atoms with Crippen LogP contribution in [0.4, 0.5) is 17.1 Å². The van der Waals surface area contributed by atoms with Gasteiger partial charge in [0.1, 0.15) is 0 Å². The minimum Gasteiger partial charge on any atom is -0.397 e. The first-order valence-corrected chi connectivity index (χ1v) is 8.07. The fourth-order valence-corrected chi connectivity index (χ4v) is 2.49. The summed E-state index contributed by atoms with van der Waals surface area (Å²) in [6, 6.07) is 9.99. The summed E-state index contributed by atoms with van der Waals surface area (Å²) in [6.45, 7) is 1.96. The van der Waals surface area contributed by atoms with E-state index in [4.69, 9.17) is 10.9 Å². The molecule has 0 radical (unpaired) electrons. The number of anilines is 3. The number of nitrogens with one attached hydrogen (secondary N) is 1. The fourth-order valence-electron chi connectivity index (χ4n) is 1.70. The molecule has 0 aliphatic heterocycles. The van der Waals surface area contributed by atoms with Crippen LogP contribution in [0.15, 0.2) is 45.8 Å². The first kappa shape index (κ1) is 14.8. The zero-order valence-electron chi connectivity index (χ0n) is 10.7. The van der Waals surface area contributed by atoms with Gasteiger partial charge in [0.2, 0.25) is 10.0 Å². The number of benzene rings is 2. The van der Waals surface area contributed by atoms with E-state index in [1.54, 1.807) is 0 Å². The highest BCUT2D eigenvalue weighted by Crippen LogP contribution is 2.28. The summed E-state index contributed by atoms with van der Waals surface area (Å²) in [7, 11) is -3.75. The summed E-state index contributed by atoms with van der Waals surface area (Å²) in [6.07, 6.45) is 0. The van der Waals surface area contributed by atoms with Gasteiger partial charge in [-0.05, 0) is 48.9 Å². The normalized spacial score (nSPS) is 11.3. The average molecular weight is 356 g/mol. The predicted molar refractivity (Wildman–Crippen MR) is 84.4 cm³/mol. The number of halogens is 1. The molecule has 5 nitrogen and oxygen atoms in total. The van der Waals surface area contributed by atoms with Crippen LogP contribution in [0.25, 0.3) is 0 Å². The van der Waals surface area contributed by atoms with Gasteiger partial charge in [-0.3, -0.25) is 0 Å². The molecule has 106 valence electrons. The molecule has 5 N–H and O–H groups in total. The molecule has 2 rings (SSSR count). The van der Waals surface area contributed by atoms with Crippen LogP contribution in [0, 0.1) is 6.92 Å². The van der Waals surface area contributed by atoms with E-state index in [1.807, 2.05) is 25.1 Å². The van der Waals surface area contributed by atoms with Crippen molar-refractivity contribution in [2.24, 2.45) is 5.14 Å². The molecular weight excluding hydrogens is 342 g/mol. The Balaban J connectivity index is 2.40. The molecule has 0 saturated heterocycles. The first-order valence-electron chi connectivity index (χ1n) is 5.73. The highest BCUT2D eigenvalue weighted by molar-refractivity contribution is 9.10. The number of aryl methyl sites for hydroxylation is 1. The van der Waals surface area contributed by atoms with Crippen molar-refractivity contribution in [2.75, 3.05) is 11.1 Å². The minimum absolute atomic E-state index is 0.0167. The van der Waals surface area contributed by atoms with Crippen molar-refractivity contribution >= 4 is 43.0 Å². The van der Waals surface area contributed by atoms with Crippen LogP contribution in [0.2, 0.25) is 0 Å². The van der Waals surface area contributed by atoms with E-state index >= 15 is 0 Å². The quantitative estimate of drug-likeness (QED) is 0.737. The van der Waals surface area contributed by atoms with E-state index in [1.165, 1.54) is 18.2 Å². The van der Waals surface area contributed by atoms with Crippen molar-refractivity contribution in [3.8, 4) is 0 Å². The van der Waals surface area contributed by atoms with Gasteiger partial charge in [-0.2, -0.15) is 0 Å². The molecule has 0 aromatic heterocycles. The maximum Gasteiger partial charge on any atom is 0.238 e. The fraction of sp³-hybridized carbons (Fsp3) is 0.0769. The second-order valence-electron chi connectivity index (χ2n) is 4.38. The molecule has 0 spiro atoms. The van der Waals surface area contributed by atoms with Crippen molar-refractivity contribution < 1.29 is 8.42 Å². The molecular formula is C13H14BrN3O2S. The van der Waals surface area contributed by atoms with E-state index < -0.39 is 10.0 Å². The van der Waals surface area contributed by atoms with Crippen LogP contribution < -0.4 is 16.2 Å². The third kappa shape index (κ3) is 3.30. The van der Waals surface area contributed by atoms with Gasteiger partial charge in [0.25, 0.3) is 0 Å². The second kappa shape index (κ2) is 5.43. The lowest BCUT2D eigenvalue weighted by Crippen LogP contribution is -2.12. The second-order valence-corrected chi connectivity index (χ2v) is 6.80. The number of sulfonamides is 1. The van der Waals surface area contributed by atoms with Gasteiger partial charge in [-0.25, -0.2) is 13.6 Å². The lowest BCUT2D eigenvalue weighted by Gasteiger charge is -2.12. The number of hydrogen-bond acceptors (Lipinski definition) is 4. The van der Waals surface area contributed by atoms with Crippen molar-refractivity contribution in [1.29, 1.82) is 0 Å². The van der Waals surface area contributed by atoms with E-state index in [9.17, 15) is 8.42 Å². The Morgan fingerprint density at radius 3 is 2.45 bits per heavy atom. The molecule has 0 amide bonds. The molecule has 20 heavy (non-hydrogen) atoms. The maximum atomic E-state index is 11.4. The summed E-state index contributed by atoms with van der Waals surface area (Å²) >= 11 is 3.42. The third-order valence-electron chi connectivity index (χ3n) is 2.79. The van der Waals surface area contributed by atoms with E-state index in [0.717, 1.165) is 15.7 Å². The molecule has 0 fully saturated rings. The van der Waals surface area contributed by atoms with Crippen LogP contribution in [-0.4, -0.2) is 8.42 Å². The van der Waals surface area contributed by atoms with E-state index in [0.29, 0.717) is 11.4 Å². The van der Waals surface area contributed by atoms with Gasteiger partial charge in [0, 0.05) is 10.2 Å². The molecule has 0 unspecified atom stereocenters. The Morgan fingerprint density at radius 2 is 1.85 bits per heavy atom. The average Bonchev–Trinajstić information content (AvgIpc) is 2.35. The molecule has 0 atom stereocenters. The molecule has 0 saturated carbocycles. The van der Waals surface area contributed by atoms with Gasteiger partial charge < -0.3 is 11.1 Å². The Kier molecular flexibility index (Phi) is 4.03. The van der Waals surface area contributed by atoms with Crippen molar-refractivity contribution in [2.45, 2.75) is 11.8 Å². The number of hydrogen-bond donors (Lipinski definition) is 3. The van der Waals surface area contributed by atoms with Gasteiger partial charge in [-0.1, -0.05) is 15.9 Å². The topological polar surface area (TPSA) is 98.2 Å². The molecule has 7 heteroatoms. The number of rotatable bonds is 3. The monoisotopic (exact) mass is 355 g/mol. The molecule has 0 bridgehead atoms. The number of primary sulfonamides is 1. The van der Waals surface area contributed by atoms with Crippen LogP contribution >= 0.6 is 15.9 Å². The molecule has 0 aliphatic rings. The Morgan fingerprint density at radius 1 is 1.15 bits per heavy atom. The molecule has 0 aliphatic carbocycles. The Labute approximate surface area is 126 Å². The standard InChI is InChI=1S/C13H14BrN3O2S/c1-8-6-9(2-4-11(8)14)17-13-7-10(20(16,18)19)3-5-12(13)15/h2-7,17H,15H2,1H3,(H2,16,18,19).